The average Bonchev–Trinajstić information content (AvgIpc) is 3.12. The van der Waals surface area contributed by atoms with Gasteiger partial charge in [-0.05, 0) is 42.2 Å². The average molecular weight is 325 g/mol. The fourth-order valence-corrected chi connectivity index (χ4v) is 2.95. The normalized spacial score (nSPS) is 19.9. The first kappa shape index (κ1) is 16.5. The van der Waals surface area contributed by atoms with E-state index in [9.17, 15) is 4.79 Å². The Labute approximate surface area is 142 Å². The van der Waals surface area contributed by atoms with E-state index in [0.29, 0.717) is 6.42 Å². The van der Waals surface area contributed by atoms with Gasteiger partial charge in [-0.3, -0.25) is 4.79 Å². The maximum atomic E-state index is 12.5. The number of para-hydroxylation sites is 1. The van der Waals surface area contributed by atoms with Crippen molar-refractivity contribution in [3.05, 3.63) is 59.7 Å². The Hall–Kier alpha value is -2.37. The highest BCUT2D eigenvalue weighted by Gasteiger charge is 2.30. The zero-order chi connectivity index (χ0) is 16.9. The number of carbonyl (C=O) groups is 1. The Morgan fingerprint density at radius 2 is 1.92 bits per heavy atom. The minimum atomic E-state index is -0.262. The lowest BCUT2D eigenvalue weighted by Crippen LogP contribution is -2.39. The van der Waals surface area contributed by atoms with Crippen LogP contribution in [-0.2, 0) is 11.2 Å². The Morgan fingerprint density at radius 3 is 2.62 bits per heavy atom. The van der Waals surface area contributed by atoms with Crippen molar-refractivity contribution in [2.45, 2.75) is 31.8 Å². The van der Waals surface area contributed by atoms with E-state index >= 15 is 0 Å². The number of methoxy groups -OCH3 is 1. The van der Waals surface area contributed by atoms with Crippen LogP contribution in [0.4, 0.5) is 5.69 Å². The highest BCUT2D eigenvalue weighted by molar-refractivity contribution is 5.95. The van der Waals surface area contributed by atoms with Crippen LogP contribution in [0.15, 0.2) is 48.5 Å². The largest absolute Gasteiger partial charge is 0.497 e. The van der Waals surface area contributed by atoms with Crippen LogP contribution in [0.1, 0.15) is 30.5 Å². The molecule has 3 rings (SSSR count). The second-order valence-electron chi connectivity index (χ2n) is 5.90. The molecule has 1 fully saturated rings. The van der Waals surface area contributed by atoms with Gasteiger partial charge in [0.25, 0.3) is 0 Å². The monoisotopic (exact) mass is 325 g/mol. The van der Waals surface area contributed by atoms with E-state index in [0.717, 1.165) is 29.0 Å². The predicted molar refractivity (Wildman–Crippen MR) is 94.9 cm³/mol. The van der Waals surface area contributed by atoms with Crippen LogP contribution in [0.3, 0.4) is 0 Å². The molecule has 1 aliphatic heterocycles. The number of hydrogen-bond acceptors (Lipinski definition) is 4. The second-order valence-corrected chi connectivity index (χ2v) is 5.90. The zero-order valence-electron chi connectivity index (χ0n) is 14.0. The van der Waals surface area contributed by atoms with E-state index in [1.54, 1.807) is 7.11 Å². The number of aryl methyl sites for hydroxylation is 1. The van der Waals surface area contributed by atoms with Crippen molar-refractivity contribution in [1.29, 1.82) is 0 Å². The molecule has 0 saturated carbocycles. The van der Waals surface area contributed by atoms with E-state index < -0.39 is 0 Å². The van der Waals surface area contributed by atoms with Gasteiger partial charge < -0.3 is 10.1 Å². The molecule has 0 bridgehead atoms. The summed E-state index contributed by atoms with van der Waals surface area (Å²) in [6.45, 7) is 2.08. The number of ether oxygens (including phenoxy) is 1. The molecule has 1 heterocycles. The molecule has 0 radical (unpaired) electrons. The van der Waals surface area contributed by atoms with Crippen LogP contribution < -0.4 is 20.9 Å². The van der Waals surface area contributed by atoms with Gasteiger partial charge in [0, 0.05) is 11.7 Å². The van der Waals surface area contributed by atoms with Gasteiger partial charge >= 0.3 is 0 Å². The third-order valence-electron chi connectivity index (χ3n) is 4.39. The summed E-state index contributed by atoms with van der Waals surface area (Å²) in [5.74, 6) is 0.814. The summed E-state index contributed by atoms with van der Waals surface area (Å²) < 4.78 is 5.18. The smallest absolute Gasteiger partial charge is 0.242 e. The van der Waals surface area contributed by atoms with Crippen molar-refractivity contribution >= 4 is 11.6 Å². The van der Waals surface area contributed by atoms with Gasteiger partial charge in [-0.1, -0.05) is 37.3 Å². The molecule has 126 valence electrons. The first-order valence-corrected chi connectivity index (χ1v) is 8.25. The van der Waals surface area contributed by atoms with E-state index in [-0.39, 0.29) is 18.0 Å². The van der Waals surface area contributed by atoms with Gasteiger partial charge in [-0.15, -0.1) is 0 Å². The molecule has 0 spiro atoms. The molecule has 2 aromatic carbocycles. The van der Waals surface area contributed by atoms with Crippen molar-refractivity contribution in [2.24, 2.45) is 0 Å². The molecule has 0 aromatic heterocycles. The molecule has 2 aromatic rings. The first-order valence-electron chi connectivity index (χ1n) is 8.25. The lowest BCUT2D eigenvalue weighted by Gasteiger charge is -2.13. The Morgan fingerprint density at radius 1 is 1.17 bits per heavy atom. The van der Waals surface area contributed by atoms with Crippen molar-refractivity contribution in [3.63, 3.8) is 0 Å². The van der Waals surface area contributed by atoms with Crippen molar-refractivity contribution in [3.8, 4) is 5.75 Å². The third kappa shape index (κ3) is 3.58. The van der Waals surface area contributed by atoms with Gasteiger partial charge in [0.2, 0.25) is 5.91 Å². The van der Waals surface area contributed by atoms with Gasteiger partial charge in [0.05, 0.1) is 7.11 Å². The van der Waals surface area contributed by atoms with E-state index in [1.165, 1.54) is 0 Å². The number of carbonyl (C=O) groups excluding carboxylic acids is 1. The zero-order valence-corrected chi connectivity index (χ0v) is 14.0. The predicted octanol–water partition coefficient (Wildman–Crippen LogP) is 2.80. The van der Waals surface area contributed by atoms with E-state index in [1.807, 2.05) is 48.5 Å². The molecular weight excluding hydrogens is 302 g/mol. The molecule has 5 nitrogen and oxygen atoms in total. The van der Waals surface area contributed by atoms with Gasteiger partial charge in [-0.2, -0.15) is 0 Å². The molecule has 2 atom stereocenters. The minimum absolute atomic E-state index is 0.0144. The van der Waals surface area contributed by atoms with Crippen LogP contribution in [0.25, 0.3) is 0 Å². The van der Waals surface area contributed by atoms with Crippen LogP contribution in [0.5, 0.6) is 5.75 Å². The maximum absolute atomic E-state index is 12.5. The Balaban J connectivity index is 1.63. The van der Waals surface area contributed by atoms with Crippen molar-refractivity contribution in [1.82, 2.24) is 10.9 Å². The highest BCUT2D eigenvalue weighted by atomic mass is 16.5. The molecule has 24 heavy (non-hydrogen) atoms. The SMILES string of the molecule is CCc1ccccc1NC(=O)C1CC(c2ccc(OC)cc2)NN1. The molecular formula is C19H23N3O2. The first-order chi connectivity index (χ1) is 11.7. The maximum Gasteiger partial charge on any atom is 0.242 e. The number of benzene rings is 2. The van der Waals surface area contributed by atoms with Crippen LogP contribution in [0.2, 0.25) is 0 Å². The number of rotatable bonds is 5. The standard InChI is InChI=1S/C19H23N3O2/c1-3-13-6-4-5-7-16(13)20-19(23)18-12-17(21-22-18)14-8-10-15(24-2)11-9-14/h4-11,17-18,21-22H,3,12H2,1-2H3,(H,20,23). The summed E-state index contributed by atoms with van der Waals surface area (Å²) in [4.78, 5) is 12.5. The van der Waals surface area contributed by atoms with E-state index in [4.69, 9.17) is 4.74 Å². The molecule has 1 saturated heterocycles. The minimum Gasteiger partial charge on any atom is -0.497 e. The third-order valence-corrected chi connectivity index (χ3v) is 4.39. The summed E-state index contributed by atoms with van der Waals surface area (Å²) in [7, 11) is 1.65. The summed E-state index contributed by atoms with van der Waals surface area (Å²) in [6, 6.07) is 15.7. The van der Waals surface area contributed by atoms with Crippen LogP contribution >= 0.6 is 0 Å². The molecule has 3 N–H and O–H groups in total. The molecule has 2 unspecified atom stereocenters. The topological polar surface area (TPSA) is 62.4 Å². The Bertz CT molecular complexity index is 700. The second kappa shape index (κ2) is 7.47. The molecule has 1 aliphatic rings. The summed E-state index contributed by atoms with van der Waals surface area (Å²) in [5, 5.41) is 3.03. The highest BCUT2D eigenvalue weighted by Crippen LogP contribution is 2.25. The van der Waals surface area contributed by atoms with Crippen LogP contribution in [0, 0.1) is 0 Å². The lowest BCUT2D eigenvalue weighted by molar-refractivity contribution is -0.117. The molecule has 0 aliphatic carbocycles. The summed E-state index contributed by atoms with van der Waals surface area (Å²) >= 11 is 0. The molecule has 1 amide bonds. The van der Waals surface area contributed by atoms with Gasteiger partial charge in [0.1, 0.15) is 11.8 Å². The van der Waals surface area contributed by atoms with Crippen molar-refractivity contribution in [2.75, 3.05) is 12.4 Å². The lowest BCUT2D eigenvalue weighted by atomic mass is 10.0. The van der Waals surface area contributed by atoms with E-state index in [2.05, 4.69) is 23.1 Å². The number of amides is 1. The summed E-state index contributed by atoms with van der Waals surface area (Å²) in [6.07, 6.45) is 1.59. The number of anilines is 1. The fourth-order valence-electron chi connectivity index (χ4n) is 2.95. The van der Waals surface area contributed by atoms with Crippen LogP contribution in [-0.4, -0.2) is 19.1 Å². The summed E-state index contributed by atoms with van der Waals surface area (Å²) in [5.41, 5.74) is 9.46. The Kier molecular flexibility index (Phi) is 5.13. The number of hydrazine groups is 1. The van der Waals surface area contributed by atoms with Gasteiger partial charge in [-0.25, -0.2) is 10.9 Å². The number of hydrogen-bond donors (Lipinski definition) is 3. The van der Waals surface area contributed by atoms with Crippen molar-refractivity contribution < 1.29 is 9.53 Å². The fraction of sp³-hybridized carbons (Fsp3) is 0.316. The number of nitrogens with one attached hydrogen (secondary N) is 3. The molecule has 5 heteroatoms. The quantitative estimate of drug-likeness (QED) is 0.791. The van der Waals surface area contributed by atoms with Gasteiger partial charge in [0.15, 0.2) is 0 Å².